The van der Waals surface area contributed by atoms with Crippen LogP contribution in [0.5, 0.6) is 0 Å². The van der Waals surface area contributed by atoms with Crippen molar-refractivity contribution in [2.45, 2.75) is 63.0 Å². The summed E-state index contributed by atoms with van der Waals surface area (Å²) in [6.07, 6.45) is 3.69. The summed E-state index contributed by atoms with van der Waals surface area (Å²) >= 11 is 0. The van der Waals surface area contributed by atoms with Crippen molar-refractivity contribution < 1.29 is 13.5 Å². The molecule has 0 spiro atoms. The Labute approximate surface area is 104 Å². The van der Waals surface area contributed by atoms with E-state index in [2.05, 4.69) is 4.90 Å². The quantitative estimate of drug-likeness (QED) is 0.813. The summed E-state index contributed by atoms with van der Waals surface area (Å²) in [5.74, 6) is 0.258. The zero-order chi connectivity index (χ0) is 12.6. The maximum atomic E-state index is 11.8. The molecule has 2 aliphatic rings. The van der Waals surface area contributed by atoms with Gasteiger partial charge in [-0.05, 0) is 39.5 Å². The van der Waals surface area contributed by atoms with Crippen LogP contribution in [0.1, 0.15) is 39.5 Å². The molecule has 2 heterocycles. The Morgan fingerprint density at radius 3 is 2.24 bits per heavy atom. The second-order valence-electron chi connectivity index (χ2n) is 5.66. The maximum Gasteiger partial charge on any atom is 0.153 e. The first-order valence-electron chi connectivity index (χ1n) is 6.55. The van der Waals surface area contributed by atoms with Crippen molar-refractivity contribution in [1.29, 1.82) is 0 Å². The second kappa shape index (κ2) is 4.86. The van der Waals surface area contributed by atoms with Crippen molar-refractivity contribution in [3.05, 3.63) is 0 Å². The lowest BCUT2D eigenvalue weighted by Crippen LogP contribution is -2.46. The highest BCUT2D eigenvalue weighted by Crippen LogP contribution is 2.35. The Morgan fingerprint density at radius 1 is 1.24 bits per heavy atom. The molecule has 2 bridgehead atoms. The Balaban J connectivity index is 1.93. The van der Waals surface area contributed by atoms with Crippen LogP contribution >= 0.6 is 0 Å². The Hall–Kier alpha value is -0.130. The lowest BCUT2D eigenvalue weighted by molar-refractivity contribution is 0.0390. The minimum Gasteiger partial charge on any atom is -0.393 e. The fraction of sp³-hybridized carbons (Fsp3) is 1.00. The third kappa shape index (κ3) is 2.83. The SMILES string of the molecule is CC(C)S(=O)(=O)CCN1C2CCC1CC(O)C2. The van der Waals surface area contributed by atoms with Gasteiger partial charge in [-0.15, -0.1) is 0 Å². The molecule has 0 aliphatic carbocycles. The van der Waals surface area contributed by atoms with Gasteiger partial charge in [0.05, 0.1) is 17.1 Å². The number of aliphatic hydroxyl groups is 1. The first-order valence-corrected chi connectivity index (χ1v) is 8.27. The van der Waals surface area contributed by atoms with E-state index in [-0.39, 0.29) is 17.1 Å². The number of piperidine rings is 1. The lowest BCUT2D eigenvalue weighted by atomic mass is 10.0. The van der Waals surface area contributed by atoms with Crippen molar-refractivity contribution in [3.63, 3.8) is 0 Å². The molecule has 0 aromatic rings. The second-order valence-corrected chi connectivity index (χ2v) is 8.34. The minimum absolute atomic E-state index is 0.176. The van der Waals surface area contributed by atoms with E-state index in [1.807, 2.05) is 0 Å². The Morgan fingerprint density at radius 2 is 1.76 bits per heavy atom. The molecule has 2 atom stereocenters. The van der Waals surface area contributed by atoms with Crippen molar-refractivity contribution in [3.8, 4) is 0 Å². The highest BCUT2D eigenvalue weighted by molar-refractivity contribution is 7.92. The fourth-order valence-electron chi connectivity index (χ4n) is 3.08. The Kier molecular flexibility index (Phi) is 3.80. The normalized spacial score (nSPS) is 34.5. The molecule has 2 aliphatic heterocycles. The zero-order valence-corrected chi connectivity index (χ0v) is 11.5. The molecule has 4 nitrogen and oxygen atoms in total. The van der Waals surface area contributed by atoms with E-state index in [0.717, 1.165) is 25.7 Å². The summed E-state index contributed by atoms with van der Waals surface area (Å²) in [6.45, 7) is 4.12. The summed E-state index contributed by atoms with van der Waals surface area (Å²) in [5.41, 5.74) is 0. The topological polar surface area (TPSA) is 57.6 Å². The fourth-order valence-corrected chi connectivity index (χ4v) is 4.02. The number of fused-ring (bicyclic) bond motifs is 2. The first kappa shape index (κ1) is 13.3. The van der Waals surface area contributed by atoms with Crippen LogP contribution in [0, 0.1) is 0 Å². The molecule has 5 heteroatoms. The standard InChI is InChI=1S/C12H23NO3S/c1-9(2)17(15,16)6-5-13-10-3-4-11(13)8-12(14)7-10/h9-12,14H,3-8H2,1-2H3. The molecule has 1 N–H and O–H groups in total. The number of hydrogen-bond acceptors (Lipinski definition) is 4. The van der Waals surface area contributed by atoms with Gasteiger partial charge in [-0.2, -0.15) is 0 Å². The van der Waals surface area contributed by atoms with Gasteiger partial charge in [0, 0.05) is 18.6 Å². The van der Waals surface area contributed by atoms with Crippen molar-refractivity contribution >= 4 is 9.84 Å². The van der Waals surface area contributed by atoms with Crippen LogP contribution < -0.4 is 0 Å². The lowest BCUT2D eigenvalue weighted by Gasteiger charge is -2.37. The number of sulfone groups is 1. The van der Waals surface area contributed by atoms with E-state index in [0.29, 0.717) is 18.6 Å². The van der Waals surface area contributed by atoms with Gasteiger partial charge in [0.2, 0.25) is 0 Å². The van der Waals surface area contributed by atoms with Crippen LogP contribution in [-0.4, -0.2) is 54.2 Å². The van der Waals surface area contributed by atoms with Gasteiger partial charge in [0.15, 0.2) is 9.84 Å². The summed E-state index contributed by atoms with van der Waals surface area (Å²) in [4.78, 5) is 2.31. The van der Waals surface area contributed by atoms with Gasteiger partial charge in [0.1, 0.15) is 0 Å². The number of nitrogens with zero attached hydrogens (tertiary/aromatic N) is 1. The van der Waals surface area contributed by atoms with Gasteiger partial charge >= 0.3 is 0 Å². The van der Waals surface area contributed by atoms with Crippen LogP contribution in [0.4, 0.5) is 0 Å². The molecular weight excluding hydrogens is 238 g/mol. The van der Waals surface area contributed by atoms with Crippen molar-refractivity contribution in [2.75, 3.05) is 12.3 Å². The average Bonchev–Trinajstić information content (AvgIpc) is 2.47. The molecule has 0 aromatic carbocycles. The molecule has 0 saturated carbocycles. The van der Waals surface area contributed by atoms with Crippen molar-refractivity contribution in [1.82, 2.24) is 4.90 Å². The monoisotopic (exact) mass is 261 g/mol. The predicted octanol–water partition coefficient (Wildman–Crippen LogP) is 0.797. The highest BCUT2D eigenvalue weighted by atomic mass is 32.2. The van der Waals surface area contributed by atoms with E-state index in [1.54, 1.807) is 13.8 Å². The van der Waals surface area contributed by atoms with E-state index < -0.39 is 9.84 Å². The number of rotatable bonds is 4. The van der Waals surface area contributed by atoms with Crippen LogP contribution in [0.2, 0.25) is 0 Å². The van der Waals surface area contributed by atoms with Crippen LogP contribution in [0.3, 0.4) is 0 Å². The van der Waals surface area contributed by atoms with Gasteiger partial charge in [-0.25, -0.2) is 8.42 Å². The summed E-state index contributed by atoms with van der Waals surface area (Å²) in [5, 5.41) is 9.40. The molecule has 2 unspecified atom stereocenters. The Bertz CT molecular complexity index is 352. The van der Waals surface area contributed by atoms with E-state index in [4.69, 9.17) is 0 Å². The molecule has 100 valence electrons. The molecule has 0 radical (unpaired) electrons. The third-order valence-electron chi connectivity index (χ3n) is 4.21. The van der Waals surface area contributed by atoms with Crippen molar-refractivity contribution in [2.24, 2.45) is 0 Å². The highest BCUT2D eigenvalue weighted by Gasteiger charge is 2.40. The van der Waals surface area contributed by atoms with E-state index in [1.165, 1.54) is 0 Å². The molecule has 0 aromatic heterocycles. The van der Waals surface area contributed by atoms with E-state index in [9.17, 15) is 13.5 Å². The molecular formula is C12H23NO3S. The van der Waals surface area contributed by atoms with Crippen LogP contribution in [0.15, 0.2) is 0 Å². The molecule has 2 fully saturated rings. The summed E-state index contributed by atoms with van der Waals surface area (Å²) in [6, 6.07) is 0.817. The van der Waals surface area contributed by atoms with Crippen LogP contribution in [0.25, 0.3) is 0 Å². The van der Waals surface area contributed by atoms with Gasteiger partial charge in [-0.1, -0.05) is 0 Å². The molecule has 2 saturated heterocycles. The number of hydrogen-bond donors (Lipinski definition) is 1. The largest absolute Gasteiger partial charge is 0.393 e. The first-order chi connectivity index (χ1) is 7.90. The summed E-state index contributed by atoms with van der Waals surface area (Å²) < 4.78 is 23.6. The zero-order valence-electron chi connectivity index (χ0n) is 10.7. The number of aliphatic hydroxyl groups excluding tert-OH is 1. The molecule has 17 heavy (non-hydrogen) atoms. The van der Waals surface area contributed by atoms with Gasteiger partial charge in [-0.3, -0.25) is 4.90 Å². The smallest absolute Gasteiger partial charge is 0.153 e. The predicted molar refractivity (Wildman–Crippen MR) is 67.7 cm³/mol. The van der Waals surface area contributed by atoms with Crippen LogP contribution in [-0.2, 0) is 9.84 Å². The molecule has 2 rings (SSSR count). The summed E-state index contributed by atoms with van der Waals surface area (Å²) in [7, 11) is -2.93. The van der Waals surface area contributed by atoms with Gasteiger partial charge < -0.3 is 5.11 Å². The van der Waals surface area contributed by atoms with Gasteiger partial charge in [0.25, 0.3) is 0 Å². The molecule has 0 amide bonds. The van der Waals surface area contributed by atoms with E-state index >= 15 is 0 Å². The average molecular weight is 261 g/mol. The third-order valence-corrected chi connectivity index (χ3v) is 6.40. The minimum atomic E-state index is -2.93. The maximum absolute atomic E-state index is 11.8.